The van der Waals surface area contributed by atoms with E-state index in [-0.39, 0.29) is 0 Å². The number of hydrogen-bond acceptors (Lipinski definition) is 3. The smallest absolute Gasteiger partial charge is 0.149 e. The van der Waals surface area contributed by atoms with Crippen molar-refractivity contribution in [3.05, 3.63) is 21.3 Å². The Bertz CT molecular complexity index is 357. The molecule has 0 amide bonds. The van der Waals surface area contributed by atoms with Crippen molar-refractivity contribution < 1.29 is 4.74 Å². The van der Waals surface area contributed by atoms with Gasteiger partial charge in [-0.25, -0.2) is 4.98 Å². The number of hydrogen-bond donors (Lipinski definition) is 0. The first-order valence-electron chi connectivity index (χ1n) is 3.93. The van der Waals surface area contributed by atoms with E-state index in [9.17, 15) is 0 Å². The van der Waals surface area contributed by atoms with Gasteiger partial charge in [0.1, 0.15) is 10.2 Å². The van der Waals surface area contributed by atoms with Crippen LogP contribution in [0.3, 0.4) is 0 Å². The minimum atomic E-state index is 0.291. The maximum absolute atomic E-state index is 5.96. The molecular weight excluding hydrogens is 265 g/mol. The first-order valence-corrected chi connectivity index (χ1v) is 5.94. The predicted octanol–water partition coefficient (Wildman–Crippen LogP) is 3.53. The van der Waals surface area contributed by atoms with Crippen LogP contribution in [0.5, 0.6) is 0 Å². The number of thioether (sulfide) groups is 1. The van der Waals surface area contributed by atoms with Gasteiger partial charge in [-0.1, -0.05) is 46.6 Å². The van der Waals surface area contributed by atoms with E-state index in [0.29, 0.717) is 20.4 Å². The zero-order chi connectivity index (χ0) is 10.1. The summed E-state index contributed by atoms with van der Waals surface area (Å²) < 4.78 is 5.05. The third kappa shape index (κ3) is 2.28. The van der Waals surface area contributed by atoms with Gasteiger partial charge < -0.3 is 4.74 Å². The van der Waals surface area contributed by atoms with Crippen molar-refractivity contribution in [2.45, 2.75) is 10.3 Å². The Labute approximate surface area is 101 Å². The molecule has 1 aromatic heterocycles. The van der Waals surface area contributed by atoms with Crippen LogP contribution in [0.25, 0.3) is 0 Å². The van der Waals surface area contributed by atoms with Crippen molar-refractivity contribution in [1.29, 1.82) is 0 Å². The Hall–Kier alpha value is 0.330. The molecule has 1 aliphatic heterocycles. The lowest BCUT2D eigenvalue weighted by atomic mass is 10.4. The highest BCUT2D eigenvalue weighted by atomic mass is 35.5. The van der Waals surface area contributed by atoms with Crippen LogP contribution in [-0.2, 0) is 4.74 Å². The van der Waals surface area contributed by atoms with Crippen LogP contribution in [0.2, 0.25) is 15.2 Å². The molecule has 1 saturated heterocycles. The van der Waals surface area contributed by atoms with E-state index in [4.69, 9.17) is 39.5 Å². The SMILES string of the molecule is Clc1cc(Cl)c(SC2COC2)nc1Cl. The molecule has 2 rings (SSSR count). The first kappa shape index (κ1) is 10.8. The second kappa shape index (κ2) is 4.45. The van der Waals surface area contributed by atoms with Gasteiger partial charge in [0.2, 0.25) is 0 Å². The van der Waals surface area contributed by atoms with Crippen LogP contribution in [0, 0.1) is 0 Å². The standard InChI is InChI=1S/C8H6Cl3NOS/c9-5-1-6(10)8(12-7(5)11)14-4-2-13-3-4/h1,4H,2-3H2. The molecule has 2 nitrogen and oxygen atoms in total. The molecule has 0 aromatic carbocycles. The molecule has 0 unspecified atom stereocenters. The Morgan fingerprint density at radius 3 is 2.57 bits per heavy atom. The summed E-state index contributed by atoms with van der Waals surface area (Å²) in [6.45, 7) is 1.48. The number of rotatable bonds is 2. The van der Waals surface area contributed by atoms with E-state index in [0.717, 1.165) is 18.2 Å². The van der Waals surface area contributed by atoms with Crippen molar-refractivity contribution >= 4 is 46.6 Å². The largest absolute Gasteiger partial charge is 0.379 e. The summed E-state index contributed by atoms with van der Waals surface area (Å²) in [5.74, 6) is 0. The zero-order valence-electron chi connectivity index (χ0n) is 6.97. The highest BCUT2D eigenvalue weighted by Crippen LogP contribution is 2.35. The zero-order valence-corrected chi connectivity index (χ0v) is 10.1. The fourth-order valence-electron chi connectivity index (χ4n) is 0.951. The summed E-state index contributed by atoms with van der Waals surface area (Å²) in [5, 5.41) is 2.35. The van der Waals surface area contributed by atoms with Gasteiger partial charge in [-0.2, -0.15) is 0 Å². The van der Waals surface area contributed by atoms with Crippen LogP contribution < -0.4 is 0 Å². The van der Waals surface area contributed by atoms with Gasteiger partial charge >= 0.3 is 0 Å². The number of pyridine rings is 1. The molecule has 0 spiro atoms. The van der Waals surface area contributed by atoms with E-state index in [1.54, 1.807) is 17.8 Å². The monoisotopic (exact) mass is 269 g/mol. The molecule has 1 fully saturated rings. The molecule has 6 heteroatoms. The molecule has 1 aliphatic rings. The first-order chi connectivity index (χ1) is 6.66. The molecule has 1 aromatic rings. The number of nitrogens with zero attached hydrogens (tertiary/aromatic N) is 1. The minimum absolute atomic E-state index is 0.291. The van der Waals surface area contributed by atoms with Gasteiger partial charge in [-0.15, -0.1) is 0 Å². The van der Waals surface area contributed by atoms with Gasteiger partial charge in [-0.05, 0) is 6.07 Å². The minimum Gasteiger partial charge on any atom is -0.379 e. The van der Waals surface area contributed by atoms with E-state index in [1.165, 1.54) is 0 Å². The van der Waals surface area contributed by atoms with E-state index in [2.05, 4.69) is 4.98 Å². The third-order valence-corrected chi connectivity index (χ3v) is 3.95. The molecule has 2 heterocycles. The van der Waals surface area contributed by atoms with Crippen molar-refractivity contribution in [1.82, 2.24) is 4.98 Å². The lowest BCUT2D eigenvalue weighted by Crippen LogP contribution is -2.30. The Balaban J connectivity index is 2.19. The number of halogens is 3. The highest BCUT2D eigenvalue weighted by Gasteiger charge is 2.22. The van der Waals surface area contributed by atoms with Crippen LogP contribution in [0.15, 0.2) is 11.1 Å². The van der Waals surface area contributed by atoms with Crippen LogP contribution in [-0.4, -0.2) is 23.4 Å². The van der Waals surface area contributed by atoms with Gasteiger partial charge in [0.15, 0.2) is 0 Å². The molecule has 14 heavy (non-hydrogen) atoms. The van der Waals surface area contributed by atoms with Crippen molar-refractivity contribution in [2.24, 2.45) is 0 Å². The fourth-order valence-corrected chi connectivity index (χ4v) is 2.59. The van der Waals surface area contributed by atoms with Crippen molar-refractivity contribution in [2.75, 3.05) is 13.2 Å². The molecule has 0 radical (unpaired) electrons. The predicted molar refractivity (Wildman–Crippen MR) is 59.7 cm³/mol. The Morgan fingerprint density at radius 1 is 1.29 bits per heavy atom. The van der Waals surface area contributed by atoms with Gasteiger partial charge in [0.05, 0.1) is 28.5 Å². The topological polar surface area (TPSA) is 22.1 Å². The second-order valence-electron chi connectivity index (χ2n) is 2.83. The Kier molecular flexibility index (Phi) is 3.45. The van der Waals surface area contributed by atoms with E-state index < -0.39 is 0 Å². The van der Waals surface area contributed by atoms with Gasteiger partial charge in [0.25, 0.3) is 0 Å². The lowest BCUT2D eigenvalue weighted by molar-refractivity contribution is 0.0455. The maximum Gasteiger partial charge on any atom is 0.149 e. The second-order valence-corrected chi connectivity index (χ2v) is 5.29. The number of aromatic nitrogens is 1. The quantitative estimate of drug-likeness (QED) is 0.768. The lowest BCUT2D eigenvalue weighted by Gasteiger charge is -2.25. The summed E-state index contributed by atoms with van der Waals surface area (Å²) in [5.41, 5.74) is 0. The van der Waals surface area contributed by atoms with Crippen LogP contribution in [0.4, 0.5) is 0 Å². The van der Waals surface area contributed by atoms with Crippen molar-refractivity contribution in [3.8, 4) is 0 Å². The molecular formula is C8H6Cl3NOS. The molecule has 0 saturated carbocycles. The van der Waals surface area contributed by atoms with Crippen LogP contribution in [0.1, 0.15) is 0 Å². The summed E-state index contributed by atoms with van der Waals surface area (Å²) in [7, 11) is 0. The molecule has 0 aliphatic carbocycles. The summed E-state index contributed by atoms with van der Waals surface area (Å²) in [6, 6.07) is 1.61. The summed E-state index contributed by atoms with van der Waals surface area (Å²) in [4.78, 5) is 4.10. The van der Waals surface area contributed by atoms with Crippen molar-refractivity contribution in [3.63, 3.8) is 0 Å². The fraction of sp³-hybridized carbons (Fsp3) is 0.375. The summed E-state index contributed by atoms with van der Waals surface area (Å²) >= 11 is 19.1. The molecule has 76 valence electrons. The Morgan fingerprint density at radius 2 is 2.00 bits per heavy atom. The van der Waals surface area contributed by atoms with Gasteiger partial charge in [0, 0.05) is 0 Å². The molecule has 0 N–H and O–H groups in total. The van der Waals surface area contributed by atoms with E-state index >= 15 is 0 Å². The average Bonchev–Trinajstić information content (AvgIpc) is 2.06. The summed E-state index contributed by atoms with van der Waals surface area (Å²) in [6.07, 6.45) is 0. The normalized spacial score (nSPS) is 16.8. The average molecular weight is 271 g/mol. The molecule has 0 bridgehead atoms. The maximum atomic E-state index is 5.96. The van der Waals surface area contributed by atoms with Gasteiger partial charge in [-0.3, -0.25) is 0 Å². The molecule has 0 atom stereocenters. The van der Waals surface area contributed by atoms with Crippen LogP contribution >= 0.6 is 46.6 Å². The number of ether oxygens (including phenoxy) is 1. The third-order valence-electron chi connectivity index (χ3n) is 1.74. The highest BCUT2D eigenvalue weighted by molar-refractivity contribution is 8.00. The van der Waals surface area contributed by atoms with E-state index in [1.807, 2.05) is 0 Å².